The average molecular weight is 347 g/mol. The summed E-state index contributed by atoms with van der Waals surface area (Å²) in [5.74, 6) is -0.636. The molecule has 2 atom stereocenters. The number of hydrogen-bond donors (Lipinski definition) is 5. The highest BCUT2D eigenvalue weighted by atomic mass is 16.5. The smallest absolute Gasteiger partial charge is 0.407 e. The van der Waals surface area contributed by atoms with Gasteiger partial charge in [-0.15, -0.1) is 0 Å². The third-order valence-corrected chi connectivity index (χ3v) is 3.64. The summed E-state index contributed by atoms with van der Waals surface area (Å²) < 4.78 is 5.02. The quantitative estimate of drug-likeness (QED) is 0.521. The predicted molar refractivity (Wildman–Crippen MR) is 90.0 cm³/mol. The van der Waals surface area contributed by atoms with E-state index >= 15 is 0 Å². The molecule has 2 aromatic carbocycles. The zero-order chi connectivity index (χ0) is 18.2. The van der Waals surface area contributed by atoms with Crippen LogP contribution in [0.15, 0.2) is 48.5 Å². The standard InChI is InChI=1S/C18H21NO6/c20-13-7-4-8-14(21)16(13)17(23)15(22)9-10-19-18(24)25-11-12-5-2-1-3-6-12/h1-8,15,17,20-23H,9-11H2,(H,19,24). The topological polar surface area (TPSA) is 119 Å². The maximum atomic E-state index is 11.6. The molecule has 2 unspecified atom stereocenters. The van der Waals surface area contributed by atoms with E-state index in [1.807, 2.05) is 30.3 Å². The van der Waals surface area contributed by atoms with Crippen LogP contribution in [0.2, 0.25) is 0 Å². The van der Waals surface area contributed by atoms with E-state index in [2.05, 4.69) is 5.32 Å². The Morgan fingerprint density at radius 1 is 1.00 bits per heavy atom. The van der Waals surface area contributed by atoms with Crippen LogP contribution in [0.4, 0.5) is 4.79 Å². The molecule has 0 bridgehead atoms. The van der Waals surface area contributed by atoms with Gasteiger partial charge < -0.3 is 30.5 Å². The molecule has 0 aliphatic carbocycles. The normalized spacial score (nSPS) is 13.0. The van der Waals surface area contributed by atoms with Gasteiger partial charge in [0.1, 0.15) is 24.2 Å². The van der Waals surface area contributed by atoms with Crippen molar-refractivity contribution in [3.63, 3.8) is 0 Å². The second-order valence-corrected chi connectivity index (χ2v) is 5.50. The van der Waals surface area contributed by atoms with E-state index < -0.39 is 18.3 Å². The lowest BCUT2D eigenvalue weighted by Crippen LogP contribution is -2.29. The molecule has 2 rings (SSSR count). The van der Waals surface area contributed by atoms with Crippen LogP contribution in [-0.2, 0) is 11.3 Å². The van der Waals surface area contributed by atoms with Crippen LogP contribution in [-0.4, -0.2) is 39.2 Å². The summed E-state index contributed by atoms with van der Waals surface area (Å²) in [6.07, 6.45) is -3.40. The summed E-state index contributed by atoms with van der Waals surface area (Å²) in [4.78, 5) is 11.6. The van der Waals surface area contributed by atoms with Crippen LogP contribution in [0.1, 0.15) is 23.7 Å². The van der Waals surface area contributed by atoms with Crippen LogP contribution in [0.5, 0.6) is 11.5 Å². The number of aliphatic hydroxyl groups excluding tert-OH is 2. The van der Waals surface area contributed by atoms with Crippen molar-refractivity contribution in [1.82, 2.24) is 5.32 Å². The molecule has 134 valence electrons. The van der Waals surface area contributed by atoms with Crippen LogP contribution in [0, 0.1) is 0 Å². The fourth-order valence-electron chi connectivity index (χ4n) is 2.29. The molecule has 0 radical (unpaired) electrons. The van der Waals surface area contributed by atoms with Gasteiger partial charge in [-0.3, -0.25) is 0 Å². The van der Waals surface area contributed by atoms with Gasteiger partial charge in [0, 0.05) is 6.54 Å². The van der Waals surface area contributed by atoms with Crippen molar-refractivity contribution in [3.8, 4) is 11.5 Å². The number of nitrogens with one attached hydrogen (secondary N) is 1. The Kier molecular flexibility index (Phi) is 6.62. The van der Waals surface area contributed by atoms with Crippen LogP contribution in [0.25, 0.3) is 0 Å². The summed E-state index contributed by atoms with van der Waals surface area (Å²) in [6, 6.07) is 13.2. The van der Waals surface area contributed by atoms with E-state index in [0.29, 0.717) is 0 Å². The van der Waals surface area contributed by atoms with Crippen LogP contribution >= 0.6 is 0 Å². The second kappa shape index (κ2) is 8.91. The van der Waals surface area contributed by atoms with Crippen molar-refractivity contribution in [1.29, 1.82) is 0 Å². The number of rotatable bonds is 7. The van der Waals surface area contributed by atoms with Crippen molar-refractivity contribution in [2.75, 3.05) is 6.54 Å². The summed E-state index contributed by atoms with van der Waals surface area (Å²) in [6.45, 7) is 0.184. The molecule has 0 aromatic heterocycles. The van der Waals surface area contributed by atoms with Crippen LogP contribution in [0.3, 0.4) is 0 Å². The maximum Gasteiger partial charge on any atom is 0.407 e. The van der Waals surface area contributed by atoms with E-state index in [1.54, 1.807) is 0 Å². The summed E-state index contributed by atoms with van der Waals surface area (Å²) in [5, 5.41) is 41.9. The second-order valence-electron chi connectivity index (χ2n) is 5.50. The minimum atomic E-state index is -1.48. The zero-order valence-electron chi connectivity index (χ0n) is 13.5. The van der Waals surface area contributed by atoms with E-state index in [1.165, 1.54) is 18.2 Å². The lowest BCUT2D eigenvalue weighted by atomic mass is 10.00. The highest BCUT2D eigenvalue weighted by Gasteiger charge is 2.24. The summed E-state index contributed by atoms with van der Waals surface area (Å²) in [7, 11) is 0. The first-order chi connectivity index (χ1) is 12.0. The zero-order valence-corrected chi connectivity index (χ0v) is 13.5. The van der Waals surface area contributed by atoms with Crippen LogP contribution < -0.4 is 5.32 Å². The van der Waals surface area contributed by atoms with E-state index in [4.69, 9.17) is 4.74 Å². The minimum Gasteiger partial charge on any atom is -0.507 e. The van der Waals surface area contributed by atoms with E-state index in [9.17, 15) is 25.2 Å². The molecule has 0 fully saturated rings. The SMILES string of the molecule is O=C(NCCC(O)C(O)c1c(O)cccc1O)OCc1ccccc1. The third kappa shape index (κ3) is 5.37. The number of benzene rings is 2. The first-order valence-corrected chi connectivity index (χ1v) is 7.80. The number of phenolic OH excluding ortho intramolecular Hbond substituents is 2. The van der Waals surface area contributed by atoms with Crippen molar-refractivity contribution < 1.29 is 30.0 Å². The highest BCUT2D eigenvalue weighted by molar-refractivity contribution is 5.67. The molecular formula is C18H21NO6. The molecule has 0 spiro atoms. The Hall–Kier alpha value is -2.77. The third-order valence-electron chi connectivity index (χ3n) is 3.64. The number of ether oxygens (including phenoxy) is 1. The molecule has 5 N–H and O–H groups in total. The fourth-order valence-corrected chi connectivity index (χ4v) is 2.29. The molecule has 0 saturated heterocycles. The first kappa shape index (κ1) is 18.6. The van der Waals surface area contributed by atoms with Gasteiger partial charge in [0.25, 0.3) is 0 Å². The molecule has 1 amide bonds. The molecule has 0 aliphatic heterocycles. The molecule has 25 heavy (non-hydrogen) atoms. The molecule has 0 saturated carbocycles. The number of carbonyl (C=O) groups is 1. The molecule has 0 heterocycles. The largest absolute Gasteiger partial charge is 0.507 e. The number of alkyl carbamates (subject to hydrolysis) is 1. The van der Waals surface area contributed by atoms with Crippen molar-refractivity contribution in [3.05, 3.63) is 59.7 Å². The van der Waals surface area contributed by atoms with Gasteiger partial charge in [-0.2, -0.15) is 0 Å². The van der Waals surface area contributed by atoms with E-state index in [-0.39, 0.29) is 36.6 Å². The predicted octanol–water partition coefficient (Wildman–Crippen LogP) is 1.81. The van der Waals surface area contributed by atoms with Crippen molar-refractivity contribution in [2.45, 2.75) is 25.2 Å². The first-order valence-electron chi connectivity index (χ1n) is 7.80. The molecule has 0 aliphatic rings. The molecule has 7 heteroatoms. The maximum absolute atomic E-state index is 11.6. The van der Waals surface area contributed by atoms with Crippen molar-refractivity contribution >= 4 is 6.09 Å². The van der Waals surface area contributed by atoms with Gasteiger partial charge in [-0.25, -0.2) is 4.79 Å². The van der Waals surface area contributed by atoms with Gasteiger partial charge in [-0.1, -0.05) is 36.4 Å². The summed E-state index contributed by atoms with van der Waals surface area (Å²) >= 11 is 0. The Labute approximate surface area is 145 Å². The number of hydrogen-bond acceptors (Lipinski definition) is 6. The Morgan fingerprint density at radius 2 is 1.64 bits per heavy atom. The Morgan fingerprint density at radius 3 is 2.28 bits per heavy atom. The fraction of sp³-hybridized carbons (Fsp3) is 0.278. The number of phenols is 2. The summed E-state index contributed by atoms with van der Waals surface area (Å²) in [5.41, 5.74) is 0.699. The van der Waals surface area contributed by atoms with Gasteiger partial charge in [0.15, 0.2) is 0 Å². The number of amides is 1. The van der Waals surface area contributed by atoms with Crippen molar-refractivity contribution in [2.24, 2.45) is 0 Å². The molecular weight excluding hydrogens is 326 g/mol. The average Bonchev–Trinajstić information content (AvgIpc) is 2.60. The molecule has 2 aromatic rings. The Balaban J connectivity index is 1.76. The lowest BCUT2D eigenvalue weighted by Gasteiger charge is -2.20. The van der Waals surface area contributed by atoms with Gasteiger partial charge in [-0.05, 0) is 24.1 Å². The minimum absolute atomic E-state index is 0.00930. The Bertz CT molecular complexity index is 671. The number of aliphatic hydroxyl groups is 2. The van der Waals surface area contributed by atoms with Gasteiger partial charge in [0.2, 0.25) is 0 Å². The lowest BCUT2D eigenvalue weighted by molar-refractivity contribution is 0.0110. The van der Waals surface area contributed by atoms with Gasteiger partial charge in [0.05, 0.1) is 11.7 Å². The van der Waals surface area contributed by atoms with E-state index in [0.717, 1.165) is 5.56 Å². The highest BCUT2D eigenvalue weighted by Crippen LogP contribution is 2.34. The number of aromatic hydroxyl groups is 2. The van der Waals surface area contributed by atoms with Gasteiger partial charge >= 0.3 is 6.09 Å². The molecule has 7 nitrogen and oxygen atoms in total. The monoisotopic (exact) mass is 347 g/mol. The number of carbonyl (C=O) groups excluding carboxylic acids is 1.